The van der Waals surface area contributed by atoms with Gasteiger partial charge in [-0.3, -0.25) is 10.1 Å². The highest BCUT2D eigenvalue weighted by molar-refractivity contribution is 5.80. The number of hydrogen-bond acceptors (Lipinski definition) is 4. The van der Waals surface area contributed by atoms with Crippen molar-refractivity contribution in [1.82, 2.24) is 5.32 Å². The Labute approximate surface area is 75.9 Å². The molecule has 2 rings (SSSR count). The fraction of sp³-hybridized carbons (Fsp3) is 0.875. The molecule has 1 amide bonds. The smallest absolute Gasteiger partial charge is 0.234 e. The van der Waals surface area contributed by atoms with E-state index in [0.29, 0.717) is 12.3 Å². The lowest BCUT2D eigenvalue weighted by molar-refractivity contribution is -0.120. The van der Waals surface area contributed by atoms with E-state index in [1.165, 1.54) is 0 Å². The zero-order valence-electron chi connectivity index (χ0n) is 7.23. The molecule has 3 unspecified atom stereocenters. The van der Waals surface area contributed by atoms with Gasteiger partial charge >= 0.3 is 0 Å². The fourth-order valence-corrected chi connectivity index (χ4v) is 2.34. The van der Waals surface area contributed by atoms with Crippen LogP contribution in [0, 0.1) is 5.92 Å². The molecule has 2 fully saturated rings. The van der Waals surface area contributed by atoms with Crippen molar-refractivity contribution in [3.05, 3.63) is 0 Å². The molecule has 0 aromatic heterocycles. The van der Waals surface area contributed by atoms with Crippen molar-refractivity contribution in [3.63, 3.8) is 0 Å². The Bertz CT molecular complexity index is 246. The molecule has 5 nitrogen and oxygen atoms in total. The minimum Gasteiger partial charge on any atom is -0.394 e. The third-order valence-corrected chi connectivity index (χ3v) is 3.23. The number of aliphatic hydroxyl groups excluding tert-OH is 2. The SMILES string of the molecule is NC(=O)C1CC2CC2([C@H](O)CO)N1. The number of carbonyl (C=O) groups excluding carboxylic acids is 1. The average molecular weight is 186 g/mol. The Morgan fingerprint density at radius 1 is 1.77 bits per heavy atom. The normalized spacial score (nSPS) is 44.2. The van der Waals surface area contributed by atoms with E-state index < -0.39 is 11.6 Å². The topological polar surface area (TPSA) is 95.6 Å². The van der Waals surface area contributed by atoms with Crippen LogP contribution in [0.25, 0.3) is 0 Å². The molecule has 4 atom stereocenters. The van der Waals surface area contributed by atoms with Crippen molar-refractivity contribution in [2.45, 2.75) is 30.5 Å². The van der Waals surface area contributed by atoms with Crippen LogP contribution in [0.3, 0.4) is 0 Å². The van der Waals surface area contributed by atoms with Crippen LogP contribution in [0.5, 0.6) is 0 Å². The highest BCUT2D eigenvalue weighted by atomic mass is 16.3. The summed E-state index contributed by atoms with van der Waals surface area (Å²) in [5, 5.41) is 21.3. The van der Waals surface area contributed by atoms with Crippen molar-refractivity contribution in [2.75, 3.05) is 6.61 Å². The van der Waals surface area contributed by atoms with Crippen LogP contribution in [0.4, 0.5) is 0 Å². The second kappa shape index (κ2) is 2.67. The first-order chi connectivity index (χ1) is 6.10. The first-order valence-electron chi connectivity index (χ1n) is 4.46. The molecule has 1 saturated heterocycles. The molecule has 1 heterocycles. The lowest BCUT2D eigenvalue weighted by Gasteiger charge is -2.21. The predicted molar refractivity (Wildman–Crippen MR) is 44.7 cm³/mol. The minimum absolute atomic E-state index is 0.269. The number of fused-ring (bicyclic) bond motifs is 1. The molecule has 74 valence electrons. The summed E-state index contributed by atoms with van der Waals surface area (Å²) >= 11 is 0. The molecule has 5 N–H and O–H groups in total. The van der Waals surface area contributed by atoms with Crippen LogP contribution in [-0.4, -0.2) is 40.4 Å². The van der Waals surface area contributed by atoms with Crippen LogP contribution in [0.15, 0.2) is 0 Å². The number of nitrogens with two attached hydrogens (primary N) is 1. The van der Waals surface area contributed by atoms with Gasteiger partial charge in [0.2, 0.25) is 5.91 Å². The summed E-state index contributed by atoms with van der Waals surface area (Å²) in [6.07, 6.45) is 0.743. The zero-order valence-corrected chi connectivity index (χ0v) is 7.23. The minimum atomic E-state index is -0.776. The van der Waals surface area contributed by atoms with E-state index in [2.05, 4.69) is 5.32 Å². The molecule has 2 aliphatic rings. The van der Waals surface area contributed by atoms with Gasteiger partial charge in [-0.15, -0.1) is 0 Å². The van der Waals surface area contributed by atoms with E-state index in [1.54, 1.807) is 0 Å². The number of rotatable bonds is 3. The molecule has 1 saturated carbocycles. The fourth-order valence-electron chi connectivity index (χ4n) is 2.34. The molecule has 1 aliphatic carbocycles. The van der Waals surface area contributed by atoms with Gasteiger partial charge in [-0.1, -0.05) is 0 Å². The second-order valence-corrected chi connectivity index (χ2v) is 3.97. The molecule has 0 aromatic carbocycles. The number of carbonyl (C=O) groups is 1. The van der Waals surface area contributed by atoms with Crippen molar-refractivity contribution >= 4 is 5.91 Å². The van der Waals surface area contributed by atoms with Crippen LogP contribution >= 0.6 is 0 Å². The molecule has 13 heavy (non-hydrogen) atoms. The van der Waals surface area contributed by atoms with Crippen molar-refractivity contribution < 1.29 is 15.0 Å². The molecule has 0 aromatic rings. The third-order valence-electron chi connectivity index (χ3n) is 3.23. The summed E-state index contributed by atoms with van der Waals surface area (Å²) in [7, 11) is 0. The molecular formula is C8H14N2O3. The summed E-state index contributed by atoms with van der Waals surface area (Å²) in [4.78, 5) is 10.8. The van der Waals surface area contributed by atoms with E-state index in [-0.39, 0.29) is 18.6 Å². The van der Waals surface area contributed by atoms with Crippen molar-refractivity contribution in [2.24, 2.45) is 11.7 Å². The molecular weight excluding hydrogens is 172 g/mol. The second-order valence-electron chi connectivity index (χ2n) is 3.97. The molecule has 0 bridgehead atoms. The molecule has 0 spiro atoms. The maximum absolute atomic E-state index is 10.8. The predicted octanol–water partition coefficient (Wildman–Crippen LogP) is -2.05. The number of amides is 1. The van der Waals surface area contributed by atoms with Crippen LogP contribution in [0.2, 0.25) is 0 Å². The van der Waals surface area contributed by atoms with E-state index in [1.807, 2.05) is 0 Å². The Hall–Kier alpha value is -0.650. The average Bonchev–Trinajstić information content (AvgIpc) is 2.68. The van der Waals surface area contributed by atoms with Gasteiger partial charge in [0.05, 0.1) is 24.3 Å². The number of primary amides is 1. The zero-order chi connectivity index (χ0) is 9.64. The van der Waals surface area contributed by atoms with E-state index in [9.17, 15) is 9.90 Å². The van der Waals surface area contributed by atoms with Gasteiger partial charge in [0.1, 0.15) is 0 Å². The first-order valence-corrected chi connectivity index (χ1v) is 4.46. The summed E-state index contributed by atoms with van der Waals surface area (Å²) < 4.78 is 0. The van der Waals surface area contributed by atoms with Gasteiger partial charge in [0, 0.05) is 0 Å². The van der Waals surface area contributed by atoms with Crippen LogP contribution < -0.4 is 11.1 Å². The van der Waals surface area contributed by atoms with Gasteiger partial charge in [-0.25, -0.2) is 0 Å². The Kier molecular flexibility index (Phi) is 1.83. The summed E-state index contributed by atoms with van der Waals surface area (Å²) in [6.45, 7) is -0.269. The number of aliphatic hydroxyl groups is 2. The van der Waals surface area contributed by atoms with Gasteiger partial charge in [0.25, 0.3) is 0 Å². The number of piperidine rings is 1. The summed E-state index contributed by atoms with van der Waals surface area (Å²) in [6, 6.07) is -0.333. The maximum atomic E-state index is 10.8. The molecule has 1 aliphatic heterocycles. The van der Waals surface area contributed by atoms with Gasteiger partial charge in [-0.05, 0) is 18.8 Å². The highest BCUT2D eigenvalue weighted by Crippen LogP contribution is 2.53. The first kappa shape index (κ1) is 8.93. The summed E-state index contributed by atoms with van der Waals surface area (Å²) in [5.74, 6) is -0.0798. The Morgan fingerprint density at radius 3 is 2.92 bits per heavy atom. The van der Waals surface area contributed by atoms with Crippen LogP contribution in [0.1, 0.15) is 12.8 Å². The Morgan fingerprint density at radius 2 is 2.46 bits per heavy atom. The van der Waals surface area contributed by atoms with E-state index >= 15 is 0 Å². The standard InChI is InChI=1S/C8H14N2O3/c9-7(13)5-1-4-2-8(4,10-5)6(12)3-11/h4-6,10-12H,1-3H2,(H2,9,13)/t4?,5?,6-,8?/m1/s1. The van der Waals surface area contributed by atoms with Crippen molar-refractivity contribution in [1.29, 1.82) is 0 Å². The lowest BCUT2D eigenvalue weighted by atomic mass is 10.1. The van der Waals surface area contributed by atoms with Gasteiger partial charge < -0.3 is 15.9 Å². The number of nitrogens with one attached hydrogen (secondary N) is 1. The summed E-state index contributed by atoms with van der Waals surface area (Å²) in [5.41, 5.74) is 4.71. The van der Waals surface area contributed by atoms with Gasteiger partial charge in [0.15, 0.2) is 0 Å². The van der Waals surface area contributed by atoms with Crippen molar-refractivity contribution in [3.8, 4) is 0 Å². The third kappa shape index (κ3) is 1.15. The largest absolute Gasteiger partial charge is 0.394 e. The van der Waals surface area contributed by atoms with Gasteiger partial charge in [-0.2, -0.15) is 0 Å². The quantitative estimate of drug-likeness (QED) is 0.408. The van der Waals surface area contributed by atoms with E-state index in [4.69, 9.17) is 10.8 Å². The maximum Gasteiger partial charge on any atom is 0.234 e. The monoisotopic (exact) mass is 186 g/mol. The Balaban J connectivity index is 2.03. The van der Waals surface area contributed by atoms with Crippen LogP contribution in [-0.2, 0) is 4.79 Å². The molecule has 0 radical (unpaired) electrons. The highest BCUT2D eigenvalue weighted by Gasteiger charge is 2.64. The van der Waals surface area contributed by atoms with E-state index in [0.717, 1.165) is 6.42 Å². The lowest BCUT2D eigenvalue weighted by Crippen LogP contribution is -2.49. The molecule has 5 heteroatoms. The number of hydrogen-bond donors (Lipinski definition) is 4.